The predicted octanol–water partition coefficient (Wildman–Crippen LogP) is 8.68. The maximum atomic E-state index is 3.85. The van der Waals surface area contributed by atoms with E-state index in [1.807, 2.05) is 46.9 Å². The van der Waals surface area contributed by atoms with E-state index in [1.165, 1.54) is 29.6 Å². The second kappa shape index (κ2) is 7.82. The first-order chi connectivity index (χ1) is 14.7. The number of thiophene rings is 2. The fraction of sp³-hybridized carbons (Fsp3) is 0. The lowest BCUT2D eigenvalue weighted by Gasteiger charge is -2.06. The van der Waals surface area contributed by atoms with Gasteiger partial charge in [0, 0.05) is 42.9 Å². The highest BCUT2D eigenvalue weighted by molar-refractivity contribution is 7.36. The van der Waals surface area contributed by atoms with Crippen molar-refractivity contribution in [2.45, 2.75) is 0 Å². The summed E-state index contributed by atoms with van der Waals surface area (Å²) in [6.45, 7) is 7.61. The van der Waals surface area contributed by atoms with E-state index in [1.54, 1.807) is 12.2 Å². The summed E-state index contributed by atoms with van der Waals surface area (Å²) in [5.41, 5.74) is 4.21. The molecule has 0 amide bonds. The number of benzene rings is 3. The van der Waals surface area contributed by atoms with Crippen molar-refractivity contribution >= 4 is 69.3 Å². The quantitative estimate of drug-likeness (QED) is 0.266. The van der Waals surface area contributed by atoms with E-state index in [9.17, 15) is 0 Å². The molecule has 2 N–H and O–H groups in total. The zero-order valence-corrected chi connectivity index (χ0v) is 17.9. The second-order valence-corrected chi connectivity index (χ2v) is 9.07. The molecule has 2 heterocycles. The molecule has 146 valence electrons. The summed E-state index contributed by atoms with van der Waals surface area (Å²) >= 11 is 3.72. The molecule has 0 aliphatic rings. The van der Waals surface area contributed by atoms with Crippen LogP contribution in [-0.2, 0) is 0 Å². The molecule has 0 radical (unpaired) electrons. The molecule has 0 spiro atoms. The molecule has 30 heavy (non-hydrogen) atoms. The molecule has 0 saturated heterocycles. The van der Waals surface area contributed by atoms with Gasteiger partial charge in [-0.2, -0.15) is 0 Å². The molecule has 0 saturated carbocycles. The Bertz CT molecular complexity index is 1420. The minimum Gasteiger partial charge on any atom is -0.356 e. The summed E-state index contributed by atoms with van der Waals surface area (Å²) in [6.07, 6.45) is 5.48. The molecule has 2 aromatic heterocycles. The van der Waals surface area contributed by atoms with Gasteiger partial charge in [-0.3, -0.25) is 0 Å². The van der Waals surface area contributed by atoms with Crippen LogP contribution in [-0.4, -0.2) is 0 Å². The molecule has 0 aliphatic heterocycles. The minimum atomic E-state index is 0.937. The standard InChI is InChI=1S/C26H20N2S2/c1-3-8-17(4-2)27-19-11-13-21-23(15-19)29-26-22-14-12-20(16-24(22)30-25(21)26)28-18-9-6-5-7-10-18/h3-16,27-28H,1-2H2/b17-8+. The van der Waals surface area contributed by atoms with E-state index in [4.69, 9.17) is 0 Å². The molecular weight excluding hydrogens is 404 g/mol. The summed E-state index contributed by atoms with van der Waals surface area (Å²) < 4.78 is 5.32. The van der Waals surface area contributed by atoms with Gasteiger partial charge in [-0.1, -0.05) is 49.6 Å². The Morgan fingerprint density at radius 1 is 0.733 bits per heavy atom. The number of anilines is 3. The maximum Gasteiger partial charge on any atom is 0.0542 e. The van der Waals surface area contributed by atoms with Crippen LogP contribution in [0.25, 0.3) is 29.6 Å². The first kappa shape index (κ1) is 18.7. The topological polar surface area (TPSA) is 24.1 Å². The van der Waals surface area contributed by atoms with Crippen LogP contribution in [0.2, 0.25) is 0 Å². The summed E-state index contributed by atoms with van der Waals surface area (Å²) in [5, 5.41) is 9.53. The van der Waals surface area contributed by atoms with E-state index in [0.717, 1.165) is 22.8 Å². The van der Waals surface area contributed by atoms with E-state index < -0.39 is 0 Å². The number of para-hydroxylation sites is 1. The van der Waals surface area contributed by atoms with Crippen LogP contribution in [0.3, 0.4) is 0 Å². The Labute approximate surface area is 183 Å². The molecule has 3 aromatic carbocycles. The number of nitrogens with one attached hydrogen (secondary N) is 2. The molecule has 2 nitrogen and oxygen atoms in total. The van der Waals surface area contributed by atoms with Gasteiger partial charge >= 0.3 is 0 Å². The molecule has 0 unspecified atom stereocenters. The van der Waals surface area contributed by atoms with Crippen molar-refractivity contribution in [3.8, 4) is 0 Å². The van der Waals surface area contributed by atoms with Gasteiger partial charge in [0.15, 0.2) is 0 Å². The van der Waals surface area contributed by atoms with E-state index in [-0.39, 0.29) is 0 Å². The summed E-state index contributed by atoms with van der Waals surface area (Å²) in [6, 6.07) is 23.5. The molecule has 4 heteroatoms. The lowest BCUT2D eigenvalue weighted by atomic mass is 10.2. The van der Waals surface area contributed by atoms with E-state index in [0.29, 0.717) is 0 Å². The smallest absolute Gasteiger partial charge is 0.0542 e. The van der Waals surface area contributed by atoms with Crippen LogP contribution in [0, 0.1) is 0 Å². The fourth-order valence-corrected chi connectivity index (χ4v) is 6.29. The van der Waals surface area contributed by atoms with Gasteiger partial charge in [0.25, 0.3) is 0 Å². The summed E-state index contributed by atoms with van der Waals surface area (Å²) in [7, 11) is 0. The lowest BCUT2D eigenvalue weighted by Crippen LogP contribution is -1.95. The molecule has 0 atom stereocenters. The molecule has 0 fully saturated rings. The number of allylic oxidation sites excluding steroid dienone is 3. The Kier molecular flexibility index (Phi) is 4.87. The third-order valence-electron chi connectivity index (χ3n) is 4.95. The van der Waals surface area contributed by atoms with Crippen molar-refractivity contribution in [2.75, 3.05) is 10.6 Å². The highest BCUT2D eigenvalue weighted by Gasteiger charge is 2.13. The number of rotatable bonds is 6. The van der Waals surface area contributed by atoms with Gasteiger partial charge in [-0.05, 0) is 48.6 Å². The number of hydrogen-bond donors (Lipinski definition) is 2. The molecule has 5 rings (SSSR count). The SMILES string of the molecule is C=C/C=C(\C=C)Nc1ccc2c(c1)sc1c3ccc(Nc4ccccc4)cc3sc21. The average Bonchev–Trinajstić information content (AvgIpc) is 3.29. The van der Waals surface area contributed by atoms with Crippen LogP contribution < -0.4 is 10.6 Å². The van der Waals surface area contributed by atoms with E-state index >= 15 is 0 Å². The first-order valence-corrected chi connectivity index (χ1v) is 11.3. The Balaban J connectivity index is 1.53. The number of fused-ring (bicyclic) bond motifs is 5. The highest BCUT2D eigenvalue weighted by Crippen LogP contribution is 2.45. The van der Waals surface area contributed by atoms with Gasteiger partial charge in [0.05, 0.1) is 9.40 Å². The molecule has 0 bridgehead atoms. The normalized spacial score (nSPS) is 11.8. The van der Waals surface area contributed by atoms with Crippen LogP contribution in [0.15, 0.2) is 104 Å². The van der Waals surface area contributed by atoms with E-state index in [2.05, 4.69) is 72.3 Å². The van der Waals surface area contributed by atoms with Crippen molar-refractivity contribution < 1.29 is 0 Å². The van der Waals surface area contributed by atoms with Gasteiger partial charge in [-0.25, -0.2) is 0 Å². The highest BCUT2D eigenvalue weighted by atomic mass is 32.1. The Morgan fingerprint density at radius 2 is 1.37 bits per heavy atom. The van der Waals surface area contributed by atoms with Crippen molar-refractivity contribution in [1.29, 1.82) is 0 Å². The zero-order valence-electron chi connectivity index (χ0n) is 16.3. The summed E-state index contributed by atoms with van der Waals surface area (Å²) in [5.74, 6) is 0. The Hall–Kier alpha value is -3.34. The minimum absolute atomic E-state index is 0.937. The molecular formula is C26H20N2S2. The molecule has 5 aromatic rings. The van der Waals surface area contributed by atoms with Crippen molar-refractivity contribution in [3.63, 3.8) is 0 Å². The number of hydrogen-bond acceptors (Lipinski definition) is 4. The molecule has 0 aliphatic carbocycles. The third kappa shape index (κ3) is 3.41. The monoisotopic (exact) mass is 424 g/mol. The fourth-order valence-electron chi connectivity index (χ4n) is 3.55. The van der Waals surface area contributed by atoms with Crippen LogP contribution in [0.4, 0.5) is 17.1 Å². The summed E-state index contributed by atoms with van der Waals surface area (Å²) in [4.78, 5) is 0. The van der Waals surface area contributed by atoms with Gasteiger partial charge in [-0.15, -0.1) is 22.7 Å². The van der Waals surface area contributed by atoms with Crippen LogP contribution >= 0.6 is 22.7 Å². The maximum absolute atomic E-state index is 3.85. The van der Waals surface area contributed by atoms with Gasteiger partial charge in [0.1, 0.15) is 0 Å². The zero-order chi connectivity index (χ0) is 20.5. The largest absolute Gasteiger partial charge is 0.356 e. The lowest BCUT2D eigenvalue weighted by molar-refractivity contribution is 1.50. The van der Waals surface area contributed by atoms with Crippen LogP contribution in [0.1, 0.15) is 0 Å². The third-order valence-corrected chi connectivity index (χ3v) is 7.45. The van der Waals surface area contributed by atoms with Crippen molar-refractivity contribution in [3.05, 3.63) is 104 Å². The van der Waals surface area contributed by atoms with Gasteiger partial charge < -0.3 is 10.6 Å². The first-order valence-electron chi connectivity index (χ1n) is 9.68. The average molecular weight is 425 g/mol. The second-order valence-electron chi connectivity index (χ2n) is 6.96. The van der Waals surface area contributed by atoms with Crippen molar-refractivity contribution in [2.24, 2.45) is 0 Å². The van der Waals surface area contributed by atoms with Crippen LogP contribution in [0.5, 0.6) is 0 Å². The Morgan fingerprint density at radius 3 is 2.00 bits per heavy atom. The van der Waals surface area contributed by atoms with Gasteiger partial charge in [0.2, 0.25) is 0 Å². The predicted molar refractivity (Wildman–Crippen MR) is 137 cm³/mol. The van der Waals surface area contributed by atoms with Crippen molar-refractivity contribution in [1.82, 2.24) is 0 Å².